The maximum Gasteiger partial charge on any atom is 0.248 e. The zero-order valence-electron chi connectivity index (χ0n) is 17.3. The van der Waals surface area contributed by atoms with E-state index in [1.807, 2.05) is 54.6 Å². The number of carbonyl (C=O) groups excluding carboxylic acids is 2. The van der Waals surface area contributed by atoms with Crippen molar-refractivity contribution in [2.24, 2.45) is 5.73 Å². The first-order chi connectivity index (χ1) is 15.5. The van der Waals surface area contributed by atoms with Gasteiger partial charge in [0, 0.05) is 22.3 Å². The molecule has 32 heavy (non-hydrogen) atoms. The summed E-state index contributed by atoms with van der Waals surface area (Å²) < 4.78 is 0. The van der Waals surface area contributed by atoms with E-state index in [-0.39, 0.29) is 5.91 Å². The van der Waals surface area contributed by atoms with Gasteiger partial charge in [0.2, 0.25) is 11.8 Å². The summed E-state index contributed by atoms with van der Waals surface area (Å²) in [6.07, 6.45) is 0. The van der Waals surface area contributed by atoms with E-state index < -0.39 is 11.2 Å². The summed E-state index contributed by atoms with van der Waals surface area (Å²) >= 11 is 1.27. The molecule has 7 nitrogen and oxygen atoms in total. The molecule has 1 unspecified atom stereocenters. The van der Waals surface area contributed by atoms with E-state index in [0.29, 0.717) is 22.2 Å². The molecule has 0 aliphatic heterocycles. The van der Waals surface area contributed by atoms with Gasteiger partial charge in [-0.1, -0.05) is 42.1 Å². The van der Waals surface area contributed by atoms with E-state index in [1.165, 1.54) is 11.8 Å². The molecule has 0 spiro atoms. The maximum absolute atomic E-state index is 12.7. The highest BCUT2D eigenvalue weighted by molar-refractivity contribution is 8.00. The van der Waals surface area contributed by atoms with E-state index in [9.17, 15) is 9.59 Å². The number of hydrogen-bond acceptors (Lipinski definition) is 6. The van der Waals surface area contributed by atoms with Crippen LogP contribution in [-0.4, -0.2) is 27.0 Å². The summed E-state index contributed by atoms with van der Waals surface area (Å²) in [7, 11) is 0. The molecule has 0 aliphatic rings. The van der Waals surface area contributed by atoms with Crippen molar-refractivity contribution < 1.29 is 9.59 Å². The Morgan fingerprint density at radius 1 is 0.875 bits per heavy atom. The SMILES string of the molecule is CC(Sc1nc(Nc2ccccc2)c2ccccc2n1)C(=O)Nc1ccc(C(N)=O)cc1. The van der Waals surface area contributed by atoms with Crippen LogP contribution in [-0.2, 0) is 4.79 Å². The Kier molecular flexibility index (Phi) is 6.32. The second-order valence-corrected chi connectivity index (χ2v) is 8.36. The van der Waals surface area contributed by atoms with E-state index in [4.69, 9.17) is 5.73 Å². The standard InChI is InChI=1S/C24H21N5O2S/c1-15(23(31)27-18-13-11-16(12-14-18)21(25)30)32-24-28-20-10-6-5-9-19(20)22(29-24)26-17-7-3-2-4-8-17/h2-15H,1H3,(H2,25,30)(H,27,31)(H,26,28,29). The van der Waals surface area contributed by atoms with Crippen LogP contribution in [0.4, 0.5) is 17.2 Å². The molecule has 0 saturated carbocycles. The van der Waals surface area contributed by atoms with Crippen LogP contribution in [0.25, 0.3) is 10.9 Å². The fourth-order valence-corrected chi connectivity index (χ4v) is 3.81. The number of nitrogens with zero attached hydrogens (tertiary/aromatic N) is 2. The van der Waals surface area contributed by atoms with Crippen LogP contribution in [0.2, 0.25) is 0 Å². The fraction of sp³-hybridized carbons (Fsp3) is 0.0833. The summed E-state index contributed by atoms with van der Waals surface area (Å²) in [5.74, 6) is -0.0322. The van der Waals surface area contributed by atoms with E-state index in [2.05, 4.69) is 20.6 Å². The lowest BCUT2D eigenvalue weighted by molar-refractivity contribution is -0.115. The number of nitrogens with two attached hydrogens (primary N) is 1. The molecular weight excluding hydrogens is 422 g/mol. The van der Waals surface area contributed by atoms with Gasteiger partial charge < -0.3 is 16.4 Å². The number of para-hydroxylation sites is 2. The quantitative estimate of drug-likeness (QED) is 0.285. The maximum atomic E-state index is 12.7. The number of primary amides is 1. The molecule has 1 atom stereocenters. The van der Waals surface area contributed by atoms with Gasteiger partial charge in [0.15, 0.2) is 5.16 Å². The first kappa shape index (κ1) is 21.3. The van der Waals surface area contributed by atoms with Crippen molar-refractivity contribution in [2.75, 3.05) is 10.6 Å². The van der Waals surface area contributed by atoms with Gasteiger partial charge >= 0.3 is 0 Å². The summed E-state index contributed by atoms with van der Waals surface area (Å²) in [6, 6.07) is 23.9. The van der Waals surface area contributed by atoms with Crippen LogP contribution in [0.1, 0.15) is 17.3 Å². The highest BCUT2D eigenvalue weighted by Gasteiger charge is 2.18. The van der Waals surface area contributed by atoms with Gasteiger partial charge in [-0.25, -0.2) is 9.97 Å². The van der Waals surface area contributed by atoms with Crippen molar-refractivity contribution >= 4 is 51.7 Å². The average Bonchev–Trinajstić information content (AvgIpc) is 2.80. The molecule has 2 amide bonds. The first-order valence-electron chi connectivity index (χ1n) is 9.96. The number of carbonyl (C=O) groups is 2. The van der Waals surface area contributed by atoms with Crippen LogP contribution in [0.15, 0.2) is 84.0 Å². The number of rotatable bonds is 7. The monoisotopic (exact) mass is 443 g/mol. The molecule has 4 rings (SSSR count). The minimum absolute atomic E-state index is 0.198. The number of thioether (sulfide) groups is 1. The highest BCUT2D eigenvalue weighted by Crippen LogP contribution is 2.29. The summed E-state index contributed by atoms with van der Waals surface area (Å²) in [5, 5.41) is 7.12. The van der Waals surface area contributed by atoms with Gasteiger partial charge in [-0.15, -0.1) is 0 Å². The molecule has 1 aromatic heterocycles. The topological polar surface area (TPSA) is 110 Å². The Bertz CT molecular complexity index is 1260. The second kappa shape index (κ2) is 9.49. The number of nitrogens with one attached hydrogen (secondary N) is 2. The van der Waals surface area contributed by atoms with Gasteiger partial charge in [0.25, 0.3) is 0 Å². The Labute approximate surface area is 189 Å². The van der Waals surface area contributed by atoms with E-state index in [0.717, 1.165) is 16.6 Å². The summed E-state index contributed by atoms with van der Waals surface area (Å²) in [5.41, 5.74) is 7.92. The van der Waals surface area contributed by atoms with Crippen molar-refractivity contribution in [1.29, 1.82) is 0 Å². The molecule has 0 saturated heterocycles. The molecule has 0 fully saturated rings. The van der Waals surface area contributed by atoms with Gasteiger partial charge in [-0.2, -0.15) is 0 Å². The minimum atomic E-state index is -0.514. The molecule has 160 valence electrons. The third-order valence-corrected chi connectivity index (χ3v) is 5.67. The predicted molar refractivity (Wildman–Crippen MR) is 128 cm³/mol. The second-order valence-electron chi connectivity index (χ2n) is 7.05. The number of aromatic nitrogens is 2. The normalized spacial score (nSPS) is 11.7. The molecule has 1 heterocycles. The van der Waals surface area contributed by atoms with Crippen LogP contribution in [0.5, 0.6) is 0 Å². The Hall–Kier alpha value is -3.91. The zero-order valence-corrected chi connectivity index (χ0v) is 18.1. The van der Waals surface area contributed by atoms with Crippen molar-refractivity contribution in [3.8, 4) is 0 Å². The molecule has 0 radical (unpaired) electrons. The molecule has 4 N–H and O–H groups in total. The molecule has 4 aromatic rings. The first-order valence-corrected chi connectivity index (χ1v) is 10.8. The largest absolute Gasteiger partial charge is 0.366 e. The lowest BCUT2D eigenvalue weighted by Crippen LogP contribution is -2.22. The number of anilines is 3. The number of hydrogen-bond donors (Lipinski definition) is 3. The van der Waals surface area contributed by atoms with Crippen molar-refractivity contribution in [3.05, 3.63) is 84.4 Å². The Morgan fingerprint density at radius 2 is 1.56 bits per heavy atom. The van der Waals surface area contributed by atoms with Crippen molar-refractivity contribution in [3.63, 3.8) is 0 Å². The van der Waals surface area contributed by atoms with Gasteiger partial charge in [0.1, 0.15) is 5.82 Å². The lowest BCUT2D eigenvalue weighted by atomic mass is 10.2. The lowest BCUT2D eigenvalue weighted by Gasteiger charge is -2.14. The van der Waals surface area contributed by atoms with Gasteiger partial charge in [-0.05, 0) is 55.5 Å². The summed E-state index contributed by atoms with van der Waals surface area (Å²) in [4.78, 5) is 33.2. The third kappa shape index (κ3) is 5.04. The van der Waals surface area contributed by atoms with Gasteiger partial charge in [-0.3, -0.25) is 9.59 Å². The molecule has 3 aromatic carbocycles. The van der Waals surface area contributed by atoms with Gasteiger partial charge in [0.05, 0.1) is 10.8 Å². The number of amides is 2. The van der Waals surface area contributed by atoms with Crippen LogP contribution >= 0.6 is 11.8 Å². The van der Waals surface area contributed by atoms with Crippen LogP contribution in [0.3, 0.4) is 0 Å². The molecule has 0 bridgehead atoms. The molecular formula is C24H21N5O2S. The van der Waals surface area contributed by atoms with E-state index in [1.54, 1.807) is 31.2 Å². The fourth-order valence-electron chi connectivity index (χ4n) is 3.03. The van der Waals surface area contributed by atoms with Crippen LogP contribution in [0, 0.1) is 0 Å². The van der Waals surface area contributed by atoms with Crippen molar-refractivity contribution in [2.45, 2.75) is 17.3 Å². The van der Waals surface area contributed by atoms with Crippen LogP contribution < -0.4 is 16.4 Å². The third-order valence-electron chi connectivity index (χ3n) is 4.71. The smallest absolute Gasteiger partial charge is 0.248 e. The van der Waals surface area contributed by atoms with E-state index >= 15 is 0 Å². The highest BCUT2D eigenvalue weighted by atomic mass is 32.2. The molecule has 0 aliphatic carbocycles. The number of benzene rings is 3. The zero-order chi connectivity index (χ0) is 22.5. The summed E-state index contributed by atoms with van der Waals surface area (Å²) in [6.45, 7) is 1.79. The average molecular weight is 444 g/mol. The number of fused-ring (bicyclic) bond motifs is 1. The Morgan fingerprint density at radius 3 is 2.28 bits per heavy atom. The predicted octanol–water partition coefficient (Wildman–Crippen LogP) is 4.59. The van der Waals surface area contributed by atoms with Crippen molar-refractivity contribution in [1.82, 2.24) is 9.97 Å². The Balaban J connectivity index is 1.52. The molecule has 8 heteroatoms. The minimum Gasteiger partial charge on any atom is -0.366 e.